The van der Waals surface area contributed by atoms with Crippen LogP contribution in [0.15, 0.2) is 0 Å². The van der Waals surface area contributed by atoms with Crippen molar-refractivity contribution in [2.24, 2.45) is 11.8 Å². The van der Waals surface area contributed by atoms with E-state index in [-0.39, 0.29) is 12.1 Å². The minimum Gasteiger partial charge on any atom is -0.394 e. The maximum Gasteiger partial charge on any atom is 0.0676 e. The van der Waals surface area contributed by atoms with Gasteiger partial charge in [-0.25, -0.2) is 0 Å². The minimum absolute atomic E-state index is 0.173. The lowest BCUT2D eigenvalue weighted by Crippen LogP contribution is -2.52. The first-order valence-electron chi connectivity index (χ1n) is 5.52. The van der Waals surface area contributed by atoms with Crippen LogP contribution < -0.4 is 5.32 Å². The van der Waals surface area contributed by atoms with E-state index in [4.69, 9.17) is 4.74 Å². The Kier molecular flexibility index (Phi) is 4.35. The number of aliphatic hydroxyl groups is 1. The van der Waals surface area contributed by atoms with E-state index in [1.54, 1.807) is 0 Å². The van der Waals surface area contributed by atoms with Gasteiger partial charge in [0.2, 0.25) is 0 Å². The maximum absolute atomic E-state index is 9.41. The first-order valence-corrected chi connectivity index (χ1v) is 5.52. The molecule has 0 amide bonds. The summed E-state index contributed by atoms with van der Waals surface area (Å²) in [6.45, 7) is 5.85. The van der Waals surface area contributed by atoms with Gasteiger partial charge in [-0.15, -0.1) is 0 Å². The Balaban J connectivity index is 2.34. The summed E-state index contributed by atoms with van der Waals surface area (Å²) < 4.78 is 5.62. The molecule has 0 heterocycles. The van der Waals surface area contributed by atoms with Crippen LogP contribution in [0.4, 0.5) is 0 Å². The minimum atomic E-state index is -0.186. The van der Waals surface area contributed by atoms with Crippen molar-refractivity contribution in [3.63, 3.8) is 0 Å². The Labute approximate surface area is 86.8 Å². The Morgan fingerprint density at radius 2 is 2.14 bits per heavy atom. The lowest BCUT2D eigenvalue weighted by molar-refractivity contribution is 0.0176. The van der Waals surface area contributed by atoms with E-state index in [2.05, 4.69) is 19.2 Å². The molecule has 0 aromatic carbocycles. The number of rotatable bonds is 7. The second-order valence-electron chi connectivity index (χ2n) is 4.75. The summed E-state index contributed by atoms with van der Waals surface area (Å²) >= 11 is 0. The Morgan fingerprint density at radius 3 is 2.50 bits per heavy atom. The van der Waals surface area contributed by atoms with Crippen molar-refractivity contribution >= 4 is 0 Å². The molecule has 1 fully saturated rings. The lowest BCUT2D eigenvalue weighted by atomic mass is 9.95. The van der Waals surface area contributed by atoms with Gasteiger partial charge in [0.25, 0.3) is 0 Å². The Hall–Kier alpha value is -0.120. The number of likely N-dealkylation sites (N-methyl/N-ethyl adjacent to an activating group) is 1. The highest BCUT2D eigenvalue weighted by Gasteiger charge is 2.43. The molecule has 1 saturated carbocycles. The molecule has 1 aliphatic carbocycles. The summed E-state index contributed by atoms with van der Waals surface area (Å²) in [5.41, 5.74) is -0.186. The summed E-state index contributed by atoms with van der Waals surface area (Å²) in [4.78, 5) is 0. The van der Waals surface area contributed by atoms with Crippen LogP contribution >= 0.6 is 0 Å². The molecule has 0 radical (unpaired) electrons. The molecule has 14 heavy (non-hydrogen) atoms. The molecule has 0 aromatic rings. The number of ether oxygens (including phenoxy) is 1. The van der Waals surface area contributed by atoms with Gasteiger partial charge in [-0.2, -0.15) is 0 Å². The van der Waals surface area contributed by atoms with Gasteiger partial charge < -0.3 is 15.2 Å². The standard InChI is InChI=1S/C11H23NO2/c1-9(2)6-14-8-11(7-13,12-3)10-4-5-10/h9-10,12-13H,4-8H2,1-3H3. The SMILES string of the molecule is CNC(CO)(COCC(C)C)C1CC1. The molecule has 1 unspecified atom stereocenters. The number of aliphatic hydroxyl groups excluding tert-OH is 1. The van der Waals surface area contributed by atoms with Crippen molar-refractivity contribution in [3.8, 4) is 0 Å². The Morgan fingerprint density at radius 1 is 1.50 bits per heavy atom. The average molecular weight is 201 g/mol. The molecule has 1 aliphatic rings. The second-order valence-corrected chi connectivity index (χ2v) is 4.75. The largest absolute Gasteiger partial charge is 0.394 e. The molecule has 84 valence electrons. The van der Waals surface area contributed by atoms with Crippen molar-refractivity contribution in [1.29, 1.82) is 0 Å². The van der Waals surface area contributed by atoms with Crippen LogP contribution in [-0.4, -0.2) is 37.5 Å². The van der Waals surface area contributed by atoms with Gasteiger partial charge >= 0.3 is 0 Å². The molecule has 3 nitrogen and oxygen atoms in total. The molecule has 2 N–H and O–H groups in total. The zero-order valence-electron chi connectivity index (χ0n) is 9.55. The van der Waals surface area contributed by atoms with Crippen LogP contribution in [0.3, 0.4) is 0 Å². The van der Waals surface area contributed by atoms with Gasteiger partial charge in [0, 0.05) is 6.61 Å². The van der Waals surface area contributed by atoms with Crippen molar-refractivity contribution in [2.75, 3.05) is 26.9 Å². The molecule has 1 atom stereocenters. The smallest absolute Gasteiger partial charge is 0.0676 e. The van der Waals surface area contributed by atoms with E-state index in [1.165, 1.54) is 12.8 Å². The summed E-state index contributed by atoms with van der Waals surface area (Å²) in [5.74, 6) is 1.16. The van der Waals surface area contributed by atoms with Crippen LogP contribution in [0.5, 0.6) is 0 Å². The molecule has 1 rings (SSSR count). The van der Waals surface area contributed by atoms with Crippen molar-refractivity contribution in [2.45, 2.75) is 32.2 Å². The fraction of sp³-hybridized carbons (Fsp3) is 1.00. The third-order valence-electron chi connectivity index (χ3n) is 2.95. The topological polar surface area (TPSA) is 41.5 Å². The van der Waals surface area contributed by atoms with Crippen molar-refractivity contribution < 1.29 is 9.84 Å². The fourth-order valence-electron chi connectivity index (χ4n) is 1.76. The quantitative estimate of drug-likeness (QED) is 0.646. The third-order valence-corrected chi connectivity index (χ3v) is 2.95. The first-order chi connectivity index (χ1) is 6.64. The van der Waals surface area contributed by atoms with Crippen molar-refractivity contribution in [1.82, 2.24) is 5.32 Å². The number of nitrogens with one attached hydrogen (secondary N) is 1. The molecule has 0 bridgehead atoms. The average Bonchev–Trinajstić information content (AvgIpc) is 2.96. The maximum atomic E-state index is 9.41. The molecule has 0 spiro atoms. The Bertz CT molecular complexity index is 163. The lowest BCUT2D eigenvalue weighted by Gasteiger charge is -2.31. The third kappa shape index (κ3) is 2.94. The van der Waals surface area contributed by atoms with Crippen LogP contribution in [-0.2, 0) is 4.74 Å². The predicted octanol–water partition coefficient (Wildman–Crippen LogP) is 1.02. The van der Waals surface area contributed by atoms with Gasteiger partial charge in [0.05, 0.1) is 18.8 Å². The highest BCUT2D eigenvalue weighted by atomic mass is 16.5. The van der Waals surface area contributed by atoms with Crippen LogP contribution in [0, 0.1) is 11.8 Å². The highest BCUT2D eigenvalue weighted by Crippen LogP contribution is 2.39. The van der Waals surface area contributed by atoms with E-state index in [1.807, 2.05) is 7.05 Å². The molecule has 0 aliphatic heterocycles. The van der Waals surface area contributed by atoms with E-state index >= 15 is 0 Å². The molecule has 0 saturated heterocycles. The first kappa shape index (κ1) is 12.0. The molecular formula is C11H23NO2. The zero-order chi connectivity index (χ0) is 10.6. The van der Waals surface area contributed by atoms with Gasteiger partial charge in [-0.05, 0) is 31.7 Å². The second kappa shape index (κ2) is 5.10. The molecule has 3 heteroatoms. The van der Waals surface area contributed by atoms with Crippen molar-refractivity contribution in [3.05, 3.63) is 0 Å². The monoisotopic (exact) mass is 201 g/mol. The summed E-state index contributed by atoms with van der Waals surface area (Å²) in [5, 5.41) is 12.6. The van der Waals surface area contributed by atoms with Gasteiger partial charge in [0.15, 0.2) is 0 Å². The van der Waals surface area contributed by atoms with Crippen LogP contribution in [0.1, 0.15) is 26.7 Å². The zero-order valence-corrected chi connectivity index (χ0v) is 9.55. The fourth-order valence-corrected chi connectivity index (χ4v) is 1.76. The van der Waals surface area contributed by atoms with E-state index in [0.29, 0.717) is 18.4 Å². The van der Waals surface area contributed by atoms with E-state index in [0.717, 1.165) is 6.61 Å². The van der Waals surface area contributed by atoms with Gasteiger partial charge in [-0.3, -0.25) is 0 Å². The number of hydrogen-bond acceptors (Lipinski definition) is 3. The van der Waals surface area contributed by atoms with E-state index in [9.17, 15) is 5.11 Å². The number of hydrogen-bond donors (Lipinski definition) is 2. The summed E-state index contributed by atoms with van der Waals surface area (Å²) in [7, 11) is 1.91. The van der Waals surface area contributed by atoms with Crippen LogP contribution in [0.2, 0.25) is 0 Å². The molecule has 0 aromatic heterocycles. The summed E-state index contributed by atoms with van der Waals surface area (Å²) in [6, 6.07) is 0. The highest BCUT2D eigenvalue weighted by molar-refractivity contribution is 5.00. The van der Waals surface area contributed by atoms with E-state index < -0.39 is 0 Å². The van der Waals surface area contributed by atoms with Gasteiger partial charge in [-0.1, -0.05) is 13.8 Å². The normalized spacial score (nSPS) is 21.2. The summed E-state index contributed by atoms with van der Waals surface area (Å²) in [6.07, 6.45) is 2.43. The predicted molar refractivity (Wildman–Crippen MR) is 57.3 cm³/mol. The van der Waals surface area contributed by atoms with Gasteiger partial charge in [0.1, 0.15) is 0 Å². The van der Waals surface area contributed by atoms with Crippen LogP contribution in [0.25, 0.3) is 0 Å². The molecular weight excluding hydrogens is 178 g/mol.